The van der Waals surface area contributed by atoms with Gasteiger partial charge >= 0.3 is 6.18 Å². The van der Waals surface area contributed by atoms with Crippen LogP contribution in [0.2, 0.25) is 0 Å². The number of morpholine rings is 1. The summed E-state index contributed by atoms with van der Waals surface area (Å²) in [6, 6.07) is 11.5. The number of para-hydroxylation sites is 2. The number of methoxy groups -OCH3 is 1. The number of alkyl halides is 3. The lowest BCUT2D eigenvalue weighted by molar-refractivity contribution is -0.137. The van der Waals surface area contributed by atoms with Gasteiger partial charge in [0.05, 0.1) is 43.5 Å². The predicted molar refractivity (Wildman–Crippen MR) is 135 cm³/mol. The standard InChI is InChI=1S/C27H33F3N4O3/c1-36-25-5-3-2-4-23(25)33-10-11-34-22-7-6-20(27(28,29)30)16-19(22)17-21(24(34)18-33)26(35)31-8-9-32-12-14-37-15-13-32/h2-7,16,21,24H,8-15,17-18H2,1H3,(H,31,35)/t21-,24+/m0/s1. The van der Waals surface area contributed by atoms with Crippen molar-refractivity contribution in [2.24, 2.45) is 5.92 Å². The van der Waals surface area contributed by atoms with Crippen LogP contribution in [0.15, 0.2) is 42.5 Å². The first-order chi connectivity index (χ1) is 17.8. The zero-order chi connectivity index (χ0) is 26.0. The van der Waals surface area contributed by atoms with Crippen molar-refractivity contribution in [1.29, 1.82) is 0 Å². The zero-order valence-corrected chi connectivity index (χ0v) is 21.0. The summed E-state index contributed by atoms with van der Waals surface area (Å²) < 4.78 is 51.4. The van der Waals surface area contributed by atoms with Crippen molar-refractivity contribution in [2.45, 2.75) is 18.6 Å². The van der Waals surface area contributed by atoms with Crippen molar-refractivity contribution in [3.63, 3.8) is 0 Å². The smallest absolute Gasteiger partial charge is 0.416 e. The zero-order valence-electron chi connectivity index (χ0n) is 21.0. The Bertz CT molecular complexity index is 1110. The number of carbonyl (C=O) groups is 1. The number of piperazine rings is 1. The number of carbonyl (C=O) groups excluding carboxylic acids is 1. The predicted octanol–water partition coefficient (Wildman–Crippen LogP) is 3.03. The van der Waals surface area contributed by atoms with Crippen LogP contribution in [0.5, 0.6) is 5.75 Å². The molecule has 200 valence electrons. The number of hydrogen-bond donors (Lipinski definition) is 1. The van der Waals surface area contributed by atoms with Gasteiger partial charge in [0.25, 0.3) is 0 Å². The minimum absolute atomic E-state index is 0.117. The van der Waals surface area contributed by atoms with Crippen molar-refractivity contribution in [3.8, 4) is 5.75 Å². The molecular weight excluding hydrogens is 485 g/mol. The number of nitrogens with one attached hydrogen (secondary N) is 1. The summed E-state index contributed by atoms with van der Waals surface area (Å²) in [5, 5.41) is 3.07. The van der Waals surface area contributed by atoms with Gasteiger partial charge in [0, 0.05) is 51.5 Å². The van der Waals surface area contributed by atoms with Crippen molar-refractivity contribution >= 4 is 17.3 Å². The third-order valence-electron chi connectivity index (χ3n) is 7.63. The number of amides is 1. The molecule has 0 bridgehead atoms. The second-order valence-electron chi connectivity index (χ2n) is 9.78. The molecule has 2 atom stereocenters. The molecule has 2 fully saturated rings. The third kappa shape index (κ3) is 5.50. The first-order valence-electron chi connectivity index (χ1n) is 12.8. The Morgan fingerprint density at radius 1 is 1.08 bits per heavy atom. The van der Waals surface area contributed by atoms with Crippen LogP contribution in [0.4, 0.5) is 24.5 Å². The van der Waals surface area contributed by atoms with Crippen LogP contribution in [-0.4, -0.2) is 83.0 Å². The van der Waals surface area contributed by atoms with Crippen molar-refractivity contribution in [2.75, 3.05) is 75.9 Å². The SMILES string of the molecule is COc1ccccc1N1CCN2c3ccc(C(F)(F)F)cc3C[C@H](C(=O)NCCN3CCOCC3)[C@H]2C1. The lowest BCUT2D eigenvalue weighted by atomic mass is 9.82. The number of nitrogens with zero attached hydrogens (tertiary/aromatic N) is 3. The van der Waals surface area contributed by atoms with Gasteiger partial charge in [0.15, 0.2) is 0 Å². The van der Waals surface area contributed by atoms with Crippen molar-refractivity contribution < 1.29 is 27.4 Å². The van der Waals surface area contributed by atoms with Crippen LogP contribution in [0, 0.1) is 5.92 Å². The number of halogens is 3. The molecule has 0 radical (unpaired) electrons. The van der Waals surface area contributed by atoms with E-state index in [1.807, 2.05) is 24.3 Å². The van der Waals surface area contributed by atoms with Gasteiger partial charge in [0.1, 0.15) is 5.75 Å². The molecule has 37 heavy (non-hydrogen) atoms. The van der Waals surface area contributed by atoms with E-state index in [0.29, 0.717) is 45.0 Å². The maximum atomic E-state index is 13.5. The molecule has 0 spiro atoms. The monoisotopic (exact) mass is 518 g/mol. The molecule has 0 unspecified atom stereocenters. The third-order valence-corrected chi connectivity index (χ3v) is 7.63. The summed E-state index contributed by atoms with van der Waals surface area (Å²) in [5.41, 5.74) is 1.64. The van der Waals surface area contributed by atoms with Crippen LogP contribution in [0.1, 0.15) is 11.1 Å². The maximum Gasteiger partial charge on any atom is 0.416 e. The molecule has 2 aromatic carbocycles. The number of rotatable bonds is 6. The average molecular weight is 519 g/mol. The Kier molecular flexibility index (Phi) is 7.48. The molecule has 2 aromatic rings. The Morgan fingerprint density at radius 3 is 2.62 bits per heavy atom. The summed E-state index contributed by atoms with van der Waals surface area (Å²) in [7, 11) is 1.63. The highest BCUT2D eigenvalue weighted by molar-refractivity contribution is 5.82. The van der Waals surface area contributed by atoms with Gasteiger partial charge in [-0.3, -0.25) is 9.69 Å². The van der Waals surface area contributed by atoms with E-state index in [-0.39, 0.29) is 18.4 Å². The highest BCUT2D eigenvalue weighted by Gasteiger charge is 2.43. The summed E-state index contributed by atoms with van der Waals surface area (Å²) in [5.74, 6) is 0.167. The van der Waals surface area contributed by atoms with E-state index < -0.39 is 17.7 Å². The van der Waals surface area contributed by atoms with Crippen molar-refractivity contribution in [1.82, 2.24) is 10.2 Å². The van der Waals surface area contributed by atoms with E-state index in [4.69, 9.17) is 9.47 Å². The topological polar surface area (TPSA) is 57.3 Å². The number of ether oxygens (including phenoxy) is 2. The fraction of sp³-hybridized carbons (Fsp3) is 0.519. The molecule has 0 aliphatic carbocycles. The molecule has 5 rings (SSSR count). The number of hydrogen-bond acceptors (Lipinski definition) is 6. The number of anilines is 2. The molecule has 3 aliphatic heterocycles. The minimum atomic E-state index is -4.43. The Balaban J connectivity index is 1.39. The molecule has 3 aliphatic rings. The molecule has 3 heterocycles. The number of benzene rings is 2. The number of fused-ring (bicyclic) bond motifs is 3. The van der Waals surface area contributed by atoms with E-state index in [1.54, 1.807) is 13.2 Å². The summed E-state index contributed by atoms with van der Waals surface area (Å²) in [6.45, 7) is 6.08. The van der Waals surface area contributed by atoms with Gasteiger partial charge in [0.2, 0.25) is 5.91 Å². The normalized spacial score (nSPS) is 22.3. The first-order valence-corrected chi connectivity index (χ1v) is 12.8. The van der Waals surface area contributed by atoms with Gasteiger partial charge in [-0.05, 0) is 42.3 Å². The second kappa shape index (κ2) is 10.8. The first kappa shape index (κ1) is 25.7. The molecule has 7 nitrogen and oxygen atoms in total. The molecule has 0 aromatic heterocycles. The molecule has 1 N–H and O–H groups in total. The van der Waals surface area contributed by atoms with Crippen LogP contribution in [0.3, 0.4) is 0 Å². The van der Waals surface area contributed by atoms with E-state index in [0.717, 1.165) is 42.8 Å². The second-order valence-corrected chi connectivity index (χ2v) is 9.78. The highest BCUT2D eigenvalue weighted by atomic mass is 19.4. The van der Waals surface area contributed by atoms with E-state index in [9.17, 15) is 18.0 Å². The Morgan fingerprint density at radius 2 is 1.86 bits per heavy atom. The summed E-state index contributed by atoms with van der Waals surface area (Å²) >= 11 is 0. The summed E-state index contributed by atoms with van der Waals surface area (Å²) in [4.78, 5) is 20.1. The Hall–Kier alpha value is -2.98. The van der Waals surface area contributed by atoms with Crippen LogP contribution >= 0.6 is 0 Å². The Labute approximate surface area is 215 Å². The van der Waals surface area contributed by atoms with Crippen LogP contribution < -0.4 is 19.9 Å². The molecule has 0 saturated carbocycles. The van der Waals surface area contributed by atoms with Crippen molar-refractivity contribution in [3.05, 3.63) is 53.6 Å². The lowest BCUT2D eigenvalue weighted by Crippen LogP contribution is -2.61. The van der Waals surface area contributed by atoms with E-state index in [1.165, 1.54) is 6.07 Å². The van der Waals surface area contributed by atoms with Gasteiger partial charge < -0.3 is 24.6 Å². The summed E-state index contributed by atoms with van der Waals surface area (Å²) in [6.07, 6.45) is -4.16. The van der Waals surface area contributed by atoms with Crippen LogP contribution in [0.25, 0.3) is 0 Å². The van der Waals surface area contributed by atoms with Gasteiger partial charge in [-0.2, -0.15) is 13.2 Å². The van der Waals surface area contributed by atoms with E-state index >= 15 is 0 Å². The van der Waals surface area contributed by atoms with E-state index in [2.05, 4.69) is 20.0 Å². The molecule has 2 saturated heterocycles. The highest BCUT2D eigenvalue weighted by Crippen LogP contribution is 2.41. The largest absolute Gasteiger partial charge is 0.495 e. The maximum absolute atomic E-state index is 13.5. The van der Waals surface area contributed by atoms with Gasteiger partial charge in [-0.15, -0.1) is 0 Å². The fourth-order valence-electron chi connectivity index (χ4n) is 5.70. The molecule has 10 heteroatoms. The lowest BCUT2D eigenvalue weighted by Gasteiger charge is -2.50. The quantitative estimate of drug-likeness (QED) is 0.635. The van der Waals surface area contributed by atoms with Crippen LogP contribution in [-0.2, 0) is 22.1 Å². The fourth-order valence-corrected chi connectivity index (χ4v) is 5.70. The van der Waals surface area contributed by atoms with Gasteiger partial charge in [-0.25, -0.2) is 0 Å². The van der Waals surface area contributed by atoms with Gasteiger partial charge in [-0.1, -0.05) is 12.1 Å². The molecular formula is C27H33F3N4O3. The average Bonchev–Trinajstić information content (AvgIpc) is 2.92. The molecule has 1 amide bonds. The minimum Gasteiger partial charge on any atom is -0.495 e.